The van der Waals surface area contributed by atoms with Gasteiger partial charge >= 0.3 is 0 Å². The van der Waals surface area contributed by atoms with Gasteiger partial charge in [-0.2, -0.15) is 0 Å². The molecule has 1 unspecified atom stereocenters. The third-order valence-electron chi connectivity index (χ3n) is 6.44. The van der Waals surface area contributed by atoms with E-state index in [0.717, 1.165) is 43.3 Å². The molecule has 1 aromatic heterocycles. The molecule has 1 saturated heterocycles. The first kappa shape index (κ1) is 19.9. The third-order valence-corrected chi connectivity index (χ3v) is 6.44. The van der Waals surface area contributed by atoms with Crippen molar-refractivity contribution in [3.05, 3.63) is 34.6 Å². The van der Waals surface area contributed by atoms with Gasteiger partial charge in [-0.15, -0.1) is 0 Å². The van der Waals surface area contributed by atoms with Crippen LogP contribution in [0, 0.1) is 5.92 Å². The van der Waals surface area contributed by atoms with Crippen molar-refractivity contribution in [3.63, 3.8) is 0 Å². The van der Waals surface area contributed by atoms with Crippen LogP contribution in [0.3, 0.4) is 0 Å². The fourth-order valence-electron chi connectivity index (χ4n) is 4.83. The molecule has 4 rings (SSSR count). The van der Waals surface area contributed by atoms with Gasteiger partial charge in [0.15, 0.2) is 5.82 Å². The van der Waals surface area contributed by atoms with E-state index in [2.05, 4.69) is 10.3 Å². The second-order valence-corrected chi connectivity index (χ2v) is 8.46. The Morgan fingerprint density at radius 1 is 1.10 bits per heavy atom. The maximum absolute atomic E-state index is 13.1. The monoisotopic (exact) mass is 396 g/mol. The molecule has 1 saturated carbocycles. The zero-order chi connectivity index (χ0) is 20.2. The molecule has 6 nitrogen and oxygen atoms in total. The van der Waals surface area contributed by atoms with Crippen LogP contribution in [0.25, 0.3) is 11.0 Å². The Labute approximate surface area is 172 Å². The Morgan fingerprint density at radius 2 is 1.86 bits per heavy atom. The smallest absolute Gasteiger partial charge is 0.293 e. The van der Waals surface area contributed by atoms with Crippen molar-refractivity contribution in [1.82, 2.24) is 14.9 Å². The van der Waals surface area contributed by atoms with Gasteiger partial charge < -0.3 is 14.8 Å². The lowest BCUT2D eigenvalue weighted by atomic mass is 9.96. The normalized spacial score (nSPS) is 21.1. The van der Waals surface area contributed by atoms with E-state index >= 15 is 0 Å². The Morgan fingerprint density at radius 3 is 2.62 bits per heavy atom. The predicted octanol–water partition coefficient (Wildman–Crippen LogP) is 3.47. The van der Waals surface area contributed by atoms with Crippen LogP contribution < -0.4 is 15.8 Å². The highest BCUT2D eigenvalue weighted by atomic mass is 16.2. The van der Waals surface area contributed by atoms with E-state index in [1.165, 1.54) is 25.7 Å². The average molecular weight is 397 g/mol. The average Bonchev–Trinajstić information content (AvgIpc) is 3.02. The number of piperidine rings is 1. The molecule has 1 aliphatic heterocycles. The summed E-state index contributed by atoms with van der Waals surface area (Å²) in [6, 6.07) is 8.09. The van der Waals surface area contributed by atoms with Crippen molar-refractivity contribution in [1.29, 1.82) is 0 Å². The van der Waals surface area contributed by atoms with Gasteiger partial charge in [0.2, 0.25) is 5.91 Å². The van der Waals surface area contributed by atoms with Crippen LogP contribution >= 0.6 is 0 Å². The Bertz CT molecular complexity index is 915. The molecule has 156 valence electrons. The number of fused-ring (bicyclic) bond motifs is 1. The number of benzene rings is 1. The quantitative estimate of drug-likeness (QED) is 0.804. The minimum atomic E-state index is -0.0743. The molecule has 29 heavy (non-hydrogen) atoms. The van der Waals surface area contributed by atoms with Crippen molar-refractivity contribution >= 4 is 22.8 Å². The molecule has 1 aromatic carbocycles. The van der Waals surface area contributed by atoms with Crippen LogP contribution in [-0.2, 0) is 11.3 Å². The number of aromatic nitrogens is 2. The lowest BCUT2D eigenvalue weighted by Crippen LogP contribution is -2.47. The number of para-hydroxylation sites is 2. The fourth-order valence-corrected chi connectivity index (χ4v) is 4.83. The molecular formula is C23H32N4O2. The molecule has 1 aliphatic carbocycles. The van der Waals surface area contributed by atoms with E-state index in [-0.39, 0.29) is 17.4 Å². The minimum absolute atomic E-state index is 0.0592. The van der Waals surface area contributed by atoms with E-state index in [4.69, 9.17) is 0 Å². The van der Waals surface area contributed by atoms with Gasteiger partial charge in [0.1, 0.15) is 0 Å². The zero-order valence-corrected chi connectivity index (χ0v) is 17.4. The van der Waals surface area contributed by atoms with Crippen LogP contribution in [-0.4, -0.2) is 34.6 Å². The van der Waals surface area contributed by atoms with Crippen LogP contribution in [0.2, 0.25) is 0 Å². The number of aryl methyl sites for hydroxylation is 1. The maximum atomic E-state index is 13.1. The van der Waals surface area contributed by atoms with Gasteiger partial charge in [-0.05, 0) is 44.7 Å². The molecule has 6 heteroatoms. The Balaban J connectivity index is 1.53. The SMILES string of the molecule is CCn1c(=O)c(N2CCCC(C(=O)NC3CCCCCC3)C2)nc2ccccc21. The number of nitrogens with one attached hydrogen (secondary N) is 1. The van der Waals surface area contributed by atoms with Crippen LogP contribution in [0.15, 0.2) is 29.1 Å². The van der Waals surface area contributed by atoms with Crippen molar-refractivity contribution < 1.29 is 4.79 Å². The molecule has 0 bridgehead atoms. The van der Waals surface area contributed by atoms with Gasteiger partial charge in [-0.25, -0.2) is 4.98 Å². The van der Waals surface area contributed by atoms with Gasteiger partial charge in [0.05, 0.1) is 17.0 Å². The highest BCUT2D eigenvalue weighted by Crippen LogP contribution is 2.23. The lowest BCUT2D eigenvalue weighted by Gasteiger charge is -2.33. The number of hydrogen-bond acceptors (Lipinski definition) is 4. The second kappa shape index (κ2) is 8.97. The van der Waals surface area contributed by atoms with Crippen molar-refractivity contribution in [2.45, 2.75) is 70.9 Å². The molecule has 2 aliphatic rings. The van der Waals surface area contributed by atoms with Gasteiger partial charge in [-0.3, -0.25) is 9.59 Å². The van der Waals surface area contributed by atoms with Gasteiger partial charge in [0.25, 0.3) is 5.56 Å². The standard InChI is InChI=1S/C23H32N4O2/c1-2-27-20-14-8-7-13-19(20)25-21(23(27)29)26-15-9-10-17(16-26)22(28)24-18-11-5-3-4-6-12-18/h7-8,13-14,17-18H,2-6,9-12,15-16H2,1H3,(H,24,28). The summed E-state index contributed by atoms with van der Waals surface area (Å²) >= 11 is 0. The van der Waals surface area contributed by atoms with Gasteiger partial charge in [-0.1, -0.05) is 37.8 Å². The Kier molecular flexibility index (Phi) is 6.16. The molecule has 1 amide bonds. The summed E-state index contributed by atoms with van der Waals surface area (Å²) in [4.78, 5) is 32.8. The third kappa shape index (κ3) is 4.31. The summed E-state index contributed by atoms with van der Waals surface area (Å²) in [5, 5.41) is 3.30. The van der Waals surface area contributed by atoms with E-state index < -0.39 is 0 Å². The largest absolute Gasteiger partial charge is 0.353 e. The second-order valence-electron chi connectivity index (χ2n) is 8.46. The number of carbonyl (C=O) groups excluding carboxylic acids is 1. The summed E-state index contributed by atoms with van der Waals surface area (Å²) in [5.74, 6) is 0.561. The number of anilines is 1. The molecule has 2 fully saturated rings. The summed E-state index contributed by atoms with van der Waals surface area (Å²) in [5.41, 5.74) is 1.63. The van der Waals surface area contributed by atoms with Gasteiger partial charge in [0, 0.05) is 25.7 Å². The first-order valence-corrected chi connectivity index (χ1v) is 11.2. The van der Waals surface area contributed by atoms with E-state index in [0.29, 0.717) is 24.9 Å². The van der Waals surface area contributed by atoms with Crippen molar-refractivity contribution in [2.24, 2.45) is 5.92 Å². The van der Waals surface area contributed by atoms with Crippen LogP contribution in [0.4, 0.5) is 5.82 Å². The number of amides is 1. The molecular weight excluding hydrogens is 364 g/mol. The van der Waals surface area contributed by atoms with Crippen molar-refractivity contribution in [3.8, 4) is 0 Å². The predicted molar refractivity (Wildman–Crippen MR) is 116 cm³/mol. The molecule has 0 radical (unpaired) electrons. The summed E-state index contributed by atoms with van der Waals surface area (Å²) in [6.45, 7) is 3.94. The summed E-state index contributed by atoms with van der Waals surface area (Å²) < 4.78 is 1.78. The maximum Gasteiger partial charge on any atom is 0.293 e. The first-order valence-electron chi connectivity index (χ1n) is 11.2. The fraction of sp³-hybridized carbons (Fsp3) is 0.609. The van der Waals surface area contributed by atoms with E-state index in [1.54, 1.807) is 4.57 Å². The molecule has 2 heterocycles. The highest BCUT2D eigenvalue weighted by molar-refractivity contribution is 5.80. The summed E-state index contributed by atoms with van der Waals surface area (Å²) in [7, 11) is 0. The molecule has 1 N–H and O–H groups in total. The van der Waals surface area contributed by atoms with E-state index in [1.807, 2.05) is 36.1 Å². The number of rotatable bonds is 4. The molecule has 0 spiro atoms. The topological polar surface area (TPSA) is 67.2 Å². The Hall–Kier alpha value is -2.37. The highest BCUT2D eigenvalue weighted by Gasteiger charge is 2.29. The number of hydrogen-bond donors (Lipinski definition) is 1. The zero-order valence-electron chi connectivity index (χ0n) is 17.4. The molecule has 1 atom stereocenters. The van der Waals surface area contributed by atoms with Crippen LogP contribution in [0.5, 0.6) is 0 Å². The minimum Gasteiger partial charge on any atom is -0.353 e. The number of nitrogens with zero attached hydrogens (tertiary/aromatic N) is 3. The van der Waals surface area contributed by atoms with Crippen LogP contribution in [0.1, 0.15) is 58.3 Å². The first-order chi connectivity index (χ1) is 14.2. The van der Waals surface area contributed by atoms with E-state index in [9.17, 15) is 9.59 Å². The summed E-state index contributed by atoms with van der Waals surface area (Å²) in [6.07, 6.45) is 8.94. The lowest BCUT2D eigenvalue weighted by molar-refractivity contribution is -0.126. The number of carbonyl (C=O) groups is 1. The molecule has 2 aromatic rings. The van der Waals surface area contributed by atoms with Crippen molar-refractivity contribution in [2.75, 3.05) is 18.0 Å².